The monoisotopic (exact) mass is 496 g/mol. The van der Waals surface area contributed by atoms with Crippen molar-refractivity contribution in [1.82, 2.24) is 0 Å². The molecule has 5 aliphatic carbocycles. The van der Waals surface area contributed by atoms with Crippen molar-refractivity contribution in [3.05, 3.63) is 29.3 Å². The van der Waals surface area contributed by atoms with Crippen molar-refractivity contribution >= 4 is 0 Å². The van der Waals surface area contributed by atoms with E-state index < -0.39 is 11.4 Å². The average Bonchev–Trinajstić information content (AvgIpc) is 3.15. The number of aliphatic hydroxyl groups is 2. The molecule has 1 aromatic carbocycles. The van der Waals surface area contributed by atoms with Crippen LogP contribution < -0.4 is 4.74 Å². The highest BCUT2D eigenvalue weighted by Crippen LogP contribution is 2.74. The number of hydrogen-bond donors (Lipinski definition) is 2. The van der Waals surface area contributed by atoms with Crippen LogP contribution in [-0.2, 0) is 15.9 Å². The van der Waals surface area contributed by atoms with Gasteiger partial charge < -0.3 is 24.4 Å². The Morgan fingerprint density at radius 2 is 1.78 bits per heavy atom. The zero-order valence-electron chi connectivity index (χ0n) is 22.5. The van der Waals surface area contributed by atoms with Gasteiger partial charge in [-0.3, -0.25) is 0 Å². The Balaban J connectivity index is 1.34. The third-order valence-corrected chi connectivity index (χ3v) is 12.1. The van der Waals surface area contributed by atoms with Crippen molar-refractivity contribution in [2.75, 3.05) is 20.3 Å². The Kier molecular flexibility index (Phi) is 4.98. The van der Waals surface area contributed by atoms with Gasteiger partial charge in [-0.15, -0.1) is 0 Å². The number of ether oxygens (including phenoxy) is 3. The molecule has 1 saturated heterocycles. The van der Waals surface area contributed by atoms with Crippen molar-refractivity contribution < 1.29 is 24.4 Å². The minimum atomic E-state index is -0.808. The summed E-state index contributed by atoms with van der Waals surface area (Å²) in [6, 6.07) is 6.63. The molecule has 2 unspecified atom stereocenters. The van der Waals surface area contributed by atoms with Gasteiger partial charge in [0, 0.05) is 23.7 Å². The maximum atomic E-state index is 12.7. The second kappa shape index (κ2) is 7.49. The molecule has 1 heterocycles. The molecule has 1 aliphatic heterocycles. The fraction of sp³-hybridized carbons (Fsp3) is 0.806. The molecule has 5 fully saturated rings. The van der Waals surface area contributed by atoms with Crippen LogP contribution in [0.25, 0.3) is 0 Å². The molecule has 4 saturated carbocycles. The Labute approximate surface area is 215 Å². The van der Waals surface area contributed by atoms with Crippen LogP contribution in [0, 0.1) is 34.0 Å². The van der Waals surface area contributed by atoms with E-state index in [1.807, 2.05) is 0 Å². The van der Waals surface area contributed by atoms with Gasteiger partial charge in [-0.05, 0) is 97.3 Å². The van der Waals surface area contributed by atoms with Gasteiger partial charge >= 0.3 is 0 Å². The van der Waals surface area contributed by atoms with Crippen LogP contribution in [0.15, 0.2) is 18.2 Å². The number of fused-ring (bicyclic) bond motifs is 4. The number of benzene rings is 1. The van der Waals surface area contributed by atoms with Crippen LogP contribution in [0.3, 0.4) is 0 Å². The van der Waals surface area contributed by atoms with E-state index in [1.54, 1.807) is 7.11 Å². The Morgan fingerprint density at radius 1 is 1.00 bits per heavy atom. The van der Waals surface area contributed by atoms with Crippen LogP contribution in [0.5, 0.6) is 5.75 Å². The van der Waals surface area contributed by atoms with Gasteiger partial charge in [0.05, 0.1) is 32.0 Å². The molecule has 2 spiro atoms. The standard InChI is InChI=1S/C31H44O5/c1-27(2)17-35-31(36-18-27)12-11-29-14-19-13-20(34-4)5-6-21(19)23-15-28(3)24(7-8-25(28)32)22(26(23)29)9-10-30(29,33)16-31/h5-6,13,22-26,32-33H,7-12,14-18H2,1-4H3/t22-,23?,24-,25-,26?,28-,29-,30+/m0/s1. The second-order valence-electron chi connectivity index (χ2n) is 14.5. The summed E-state index contributed by atoms with van der Waals surface area (Å²) in [5.74, 6) is 2.16. The third kappa shape index (κ3) is 3.03. The van der Waals surface area contributed by atoms with Gasteiger partial charge in [-0.2, -0.15) is 0 Å². The molecule has 0 amide bonds. The van der Waals surface area contributed by atoms with Crippen LogP contribution in [0.1, 0.15) is 89.2 Å². The topological polar surface area (TPSA) is 68.2 Å². The van der Waals surface area contributed by atoms with Gasteiger partial charge in [0.25, 0.3) is 0 Å². The minimum absolute atomic E-state index is 0.0171. The van der Waals surface area contributed by atoms with Gasteiger partial charge in [0.2, 0.25) is 0 Å². The van der Waals surface area contributed by atoms with Crippen LogP contribution >= 0.6 is 0 Å². The first-order chi connectivity index (χ1) is 17.0. The zero-order valence-corrected chi connectivity index (χ0v) is 22.5. The minimum Gasteiger partial charge on any atom is -0.497 e. The number of aliphatic hydroxyl groups excluding tert-OH is 1. The maximum absolute atomic E-state index is 12.7. The highest BCUT2D eigenvalue weighted by Gasteiger charge is 2.72. The first-order valence-electron chi connectivity index (χ1n) is 14.4. The van der Waals surface area contributed by atoms with Crippen molar-refractivity contribution in [3.63, 3.8) is 0 Å². The molecule has 2 N–H and O–H groups in total. The summed E-state index contributed by atoms with van der Waals surface area (Å²) in [6.45, 7) is 8.11. The quantitative estimate of drug-likeness (QED) is 0.559. The Morgan fingerprint density at radius 3 is 2.53 bits per heavy atom. The summed E-state index contributed by atoms with van der Waals surface area (Å²) >= 11 is 0. The summed E-state index contributed by atoms with van der Waals surface area (Å²) in [5.41, 5.74) is 1.77. The van der Waals surface area contributed by atoms with Gasteiger partial charge in [0.15, 0.2) is 5.79 Å². The molecule has 1 aromatic rings. The van der Waals surface area contributed by atoms with Crippen molar-refractivity contribution in [1.29, 1.82) is 0 Å². The summed E-state index contributed by atoms with van der Waals surface area (Å²) in [6.07, 6.45) is 7.97. The van der Waals surface area contributed by atoms with E-state index in [9.17, 15) is 10.2 Å². The Bertz CT molecular complexity index is 1060. The van der Waals surface area contributed by atoms with E-state index in [-0.39, 0.29) is 22.3 Å². The summed E-state index contributed by atoms with van der Waals surface area (Å²) in [7, 11) is 1.74. The van der Waals surface area contributed by atoms with E-state index >= 15 is 0 Å². The molecule has 0 aromatic heterocycles. The second-order valence-corrected chi connectivity index (χ2v) is 14.5. The fourth-order valence-electron chi connectivity index (χ4n) is 10.4. The van der Waals surface area contributed by atoms with E-state index in [1.165, 1.54) is 11.1 Å². The van der Waals surface area contributed by atoms with Crippen molar-refractivity contribution in [2.24, 2.45) is 34.0 Å². The maximum Gasteiger partial charge on any atom is 0.171 e. The number of hydrogen-bond acceptors (Lipinski definition) is 5. The lowest BCUT2D eigenvalue weighted by Gasteiger charge is -2.70. The van der Waals surface area contributed by atoms with Crippen LogP contribution in [0.4, 0.5) is 0 Å². The molecule has 36 heavy (non-hydrogen) atoms. The van der Waals surface area contributed by atoms with Gasteiger partial charge in [-0.1, -0.05) is 26.8 Å². The normalized spacial score (nSPS) is 47.9. The molecule has 0 bridgehead atoms. The fourth-order valence-corrected chi connectivity index (χ4v) is 10.4. The molecule has 0 radical (unpaired) electrons. The van der Waals surface area contributed by atoms with Gasteiger partial charge in [-0.25, -0.2) is 0 Å². The van der Waals surface area contributed by atoms with Gasteiger partial charge in [0.1, 0.15) is 5.75 Å². The lowest BCUT2D eigenvalue weighted by Crippen LogP contribution is -2.70. The van der Waals surface area contributed by atoms with E-state index in [4.69, 9.17) is 14.2 Å². The molecule has 6 aliphatic rings. The van der Waals surface area contributed by atoms with E-state index in [0.29, 0.717) is 43.3 Å². The molecule has 5 heteroatoms. The molecular weight excluding hydrogens is 452 g/mol. The lowest BCUT2D eigenvalue weighted by atomic mass is 9.37. The summed E-state index contributed by atoms with van der Waals surface area (Å²) in [4.78, 5) is 0. The lowest BCUT2D eigenvalue weighted by molar-refractivity contribution is -0.357. The predicted molar refractivity (Wildman–Crippen MR) is 137 cm³/mol. The number of methoxy groups -OCH3 is 1. The SMILES string of the molecule is COc1ccc2c(c1)C[C@]13CCC4(C[C@]1(O)CC[C@@H]1C3C2C[C@]2(C)[C@@H](O)CC[C@@H]12)OCC(C)(C)CO4. The van der Waals surface area contributed by atoms with Crippen LogP contribution in [-0.4, -0.2) is 48.0 Å². The molecule has 7 rings (SSSR count). The summed E-state index contributed by atoms with van der Waals surface area (Å²) < 4.78 is 18.6. The third-order valence-electron chi connectivity index (χ3n) is 12.1. The Hall–Kier alpha value is -1.14. The molecule has 5 nitrogen and oxygen atoms in total. The van der Waals surface area contributed by atoms with Crippen molar-refractivity contribution in [3.8, 4) is 5.75 Å². The molecular formula is C31H44O5. The first-order valence-corrected chi connectivity index (χ1v) is 14.4. The van der Waals surface area contributed by atoms with Crippen molar-refractivity contribution in [2.45, 2.75) is 102 Å². The van der Waals surface area contributed by atoms with Crippen LogP contribution in [0.2, 0.25) is 0 Å². The van der Waals surface area contributed by atoms with E-state index in [0.717, 1.165) is 57.1 Å². The summed E-state index contributed by atoms with van der Waals surface area (Å²) in [5, 5.41) is 23.9. The first kappa shape index (κ1) is 23.9. The number of rotatable bonds is 1. The molecule has 8 atom stereocenters. The molecule has 198 valence electrons. The predicted octanol–water partition coefficient (Wildman–Crippen LogP) is 5.21. The van der Waals surface area contributed by atoms with E-state index in [2.05, 4.69) is 39.0 Å². The average molecular weight is 497 g/mol. The highest BCUT2D eigenvalue weighted by molar-refractivity contribution is 5.44. The zero-order chi connectivity index (χ0) is 25.1. The smallest absolute Gasteiger partial charge is 0.171 e. The highest BCUT2D eigenvalue weighted by atomic mass is 16.7. The largest absolute Gasteiger partial charge is 0.497 e.